The van der Waals surface area contributed by atoms with E-state index in [4.69, 9.17) is 4.98 Å². The maximum atomic E-state index is 10.0. The van der Waals surface area contributed by atoms with Crippen LogP contribution in [0.15, 0.2) is 36.7 Å². The summed E-state index contributed by atoms with van der Waals surface area (Å²) in [6, 6.07) is 9.93. The normalized spacial score (nSPS) is 24.3. The molecule has 1 aliphatic heterocycles. The number of hydrogen-bond acceptors (Lipinski definition) is 6. The molecule has 7 heteroatoms. The minimum absolute atomic E-state index is 0.160. The summed E-state index contributed by atoms with van der Waals surface area (Å²) in [6.45, 7) is 5.38. The fraction of sp³-hybridized carbons (Fsp3) is 0.538. The molecule has 174 valence electrons. The van der Waals surface area contributed by atoms with Crippen LogP contribution in [0.3, 0.4) is 0 Å². The van der Waals surface area contributed by atoms with Crippen molar-refractivity contribution in [3.63, 3.8) is 0 Å². The zero-order chi connectivity index (χ0) is 22.2. The van der Waals surface area contributed by atoms with Crippen molar-refractivity contribution in [1.82, 2.24) is 24.8 Å². The number of benzene rings is 1. The lowest BCUT2D eigenvalue weighted by Crippen LogP contribution is -2.42. The van der Waals surface area contributed by atoms with Gasteiger partial charge in [0.25, 0.3) is 0 Å². The molecule has 1 saturated heterocycles. The number of aromatic nitrogens is 3. The van der Waals surface area contributed by atoms with Crippen molar-refractivity contribution >= 4 is 17.0 Å². The third-order valence-corrected chi connectivity index (χ3v) is 7.42. The molecule has 3 aromatic rings. The van der Waals surface area contributed by atoms with E-state index in [2.05, 4.69) is 55.5 Å². The van der Waals surface area contributed by atoms with E-state index in [-0.39, 0.29) is 6.10 Å². The van der Waals surface area contributed by atoms with Crippen LogP contribution >= 0.6 is 0 Å². The maximum absolute atomic E-state index is 10.0. The van der Waals surface area contributed by atoms with Crippen LogP contribution in [0.4, 0.5) is 5.95 Å². The van der Waals surface area contributed by atoms with E-state index in [0.29, 0.717) is 12.1 Å². The van der Waals surface area contributed by atoms with Gasteiger partial charge in [-0.2, -0.15) is 4.98 Å². The standard InChI is InChI=1S/C26H34N6O/c33-22-9-7-21(8-10-22)32-17-24(23-15-28-26(30-25(23)32)29-20-5-6-20)19-3-1-18(2-4-19)16-31-13-11-27-12-14-31/h1-4,15,17,20-22,27,33H,5-14,16H2,(H,28,29,30). The third-order valence-electron chi connectivity index (χ3n) is 7.42. The lowest BCUT2D eigenvalue weighted by Gasteiger charge is -2.27. The van der Waals surface area contributed by atoms with Gasteiger partial charge in [-0.25, -0.2) is 4.98 Å². The zero-order valence-electron chi connectivity index (χ0n) is 19.2. The second-order valence-electron chi connectivity index (χ2n) is 9.98. The highest BCUT2D eigenvalue weighted by Gasteiger charge is 2.26. The van der Waals surface area contributed by atoms with Crippen LogP contribution in [0.2, 0.25) is 0 Å². The van der Waals surface area contributed by atoms with Gasteiger partial charge in [0, 0.05) is 68.2 Å². The molecule has 3 N–H and O–H groups in total. The summed E-state index contributed by atoms with van der Waals surface area (Å²) in [5.74, 6) is 0.734. The van der Waals surface area contributed by atoms with Crippen LogP contribution in [0, 0.1) is 0 Å². The molecule has 33 heavy (non-hydrogen) atoms. The highest BCUT2D eigenvalue weighted by atomic mass is 16.3. The molecule has 0 unspecified atom stereocenters. The van der Waals surface area contributed by atoms with Gasteiger partial charge in [-0.15, -0.1) is 0 Å². The molecular weight excluding hydrogens is 412 g/mol. The fourth-order valence-corrected chi connectivity index (χ4v) is 5.27. The molecular formula is C26H34N6O. The molecule has 0 amide bonds. The predicted octanol–water partition coefficient (Wildman–Crippen LogP) is 3.55. The number of fused-ring (bicyclic) bond motifs is 1. The van der Waals surface area contributed by atoms with Crippen molar-refractivity contribution in [2.45, 2.75) is 63.3 Å². The Balaban J connectivity index is 1.31. The summed E-state index contributed by atoms with van der Waals surface area (Å²) in [4.78, 5) is 12.1. The topological polar surface area (TPSA) is 78.2 Å². The van der Waals surface area contributed by atoms with Crippen LogP contribution in [-0.4, -0.2) is 62.9 Å². The molecule has 1 aromatic carbocycles. The van der Waals surface area contributed by atoms with Crippen molar-refractivity contribution in [1.29, 1.82) is 0 Å². The quantitative estimate of drug-likeness (QED) is 0.538. The molecule has 0 spiro atoms. The van der Waals surface area contributed by atoms with Crippen molar-refractivity contribution < 1.29 is 5.11 Å². The number of aliphatic hydroxyl groups is 1. The first-order valence-electron chi connectivity index (χ1n) is 12.6. The summed E-state index contributed by atoms with van der Waals surface area (Å²) in [5.41, 5.74) is 4.78. The number of nitrogens with zero attached hydrogens (tertiary/aromatic N) is 4. The third kappa shape index (κ3) is 4.63. The van der Waals surface area contributed by atoms with E-state index in [1.165, 1.54) is 29.5 Å². The number of anilines is 1. The van der Waals surface area contributed by atoms with Crippen molar-refractivity contribution in [2.75, 3.05) is 31.5 Å². The molecule has 0 radical (unpaired) electrons. The van der Waals surface area contributed by atoms with E-state index in [1.807, 2.05) is 6.20 Å². The summed E-state index contributed by atoms with van der Waals surface area (Å²) in [6.07, 6.45) is 10.2. The Kier molecular flexibility index (Phi) is 5.78. The maximum Gasteiger partial charge on any atom is 0.224 e. The first kappa shape index (κ1) is 21.1. The first-order valence-corrected chi connectivity index (χ1v) is 12.6. The van der Waals surface area contributed by atoms with Gasteiger partial charge in [0.1, 0.15) is 5.65 Å². The largest absolute Gasteiger partial charge is 0.393 e. The summed E-state index contributed by atoms with van der Waals surface area (Å²) >= 11 is 0. The lowest BCUT2D eigenvalue weighted by molar-refractivity contribution is 0.111. The molecule has 3 fully saturated rings. The van der Waals surface area contributed by atoms with Crippen LogP contribution in [-0.2, 0) is 6.54 Å². The Hall–Kier alpha value is -2.48. The van der Waals surface area contributed by atoms with Gasteiger partial charge in [-0.05, 0) is 49.7 Å². The number of hydrogen-bond donors (Lipinski definition) is 3. The number of aliphatic hydroxyl groups excluding tert-OH is 1. The Morgan fingerprint density at radius 2 is 1.76 bits per heavy atom. The molecule has 7 nitrogen and oxygen atoms in total. The Morgan fingerprint density at radius 1 is 1.00 bits per heavy atom. The second kappa shape index (κ2) is 9.05. The number of piperazine rings is 1. The molecule has 6 rings (SSSR count). The Labute approximate surface area is 195 Å². The molecule has 3 aliphatic rings. The van der Waals surface area contributed by atoms with Gasteiger partial charge in [-0.1, -0.05) is 24.3 Å². The summed E-state index contributed by atoms with van der Waals surface area (Å²) < 4.78 is 2.35. The highest BCUT2D eigenvalue weighted by molar-refractivity contribution is 5.94. The molecule has 0 atom stereocenters. The molecule has 2 aromatic heterocycles. The minimum atomic E-state index is -0.160. The average Bonchev–Trinajstić information content (AvgIpc) is 3.59. The average molecular weight is 447 g/mol. The first-order chi connectivity index (χ1) is 16.2. The van der Waals surface area contributed by atoms with Gasteiger partial charge < -0.3 is 20.3 Å². The number of rotatable bonds is 6. The van der Waals surface area contributed by atoms with Gasteiger partial charge in [0.15, 0.2) is 0 Å². The Morgan fingerprint density at radius 3 is 2.48 bits per heavy atom. The molecule has 3 heterocycles. The minimum Gasteiger partial charge on any atom is -0.393 e. The van der Waals surface area contributed by atoms with E-state index in [1.54, 1.807) is 0 Å². The summed E-state index contributed by atoms with van der Waals surface area (Å²) in [7, 11) is 0. The van der Waals surface area contributed by atoms with E-state index in [9.17, 15) is 5.11 Å². The molecule has 0 bridgehead atoms. The van der Waals surface area contributed by atoms with Crippen molar-refractivity contribution in [3.05, 3.63) is 42.2 Å². The molecule has 2 saturated carbocycles. The van der Waals surface area contributed by atoms with Gasteiger partial charge in [0.2, 0.25) is 5.95 Å². The summed E-state index contributed by atoms with van der Waals surface area (Å²) in [5, 5.41) is 18.0. The van der Waals surface area contributed by atoms with Crippen LogP contribution in [0.5, 0.6) is 0 Å². The Bertz CT molecular complexity index is 1090. The smallest absolute Gasteiger partial charge is 0.224 e. The highest BCUT2D eigenvalue weighted by Crippen LogP contribution is 2.37. The zero-order valence-corrected chi connectivity index (χ0v) is 19.2. The lowest BCUT2D eigenvalue weighted by atomic mass is 9.93. The second-order valence-corrected chi connectivity index (χ2v) is 9.98. The van der Waals surface area contributed by atoms with E-state index >= 15 is 0 Å². The van der Waals surface area contributed by atoms with Crippen LogP contribution in [0.25, 0.3) is 22.2 Å². The van der Waals surface area contributed by atoms with Gasteiger partial charge in [-0.3, -0.25) is 4.90 Å². The SMILES string of the molecule is OC1CCC(n2cc(-c3ccc(CN4CCNCC4)cc3)c3cnc(NC4CC4)nc32)CC1. The fourth-order valence-electron chi connectivity index (χ4n) is 5.27. The molecule has 2 aliphatic carbocycles. The monoisotopic (exact) mass is 446 g/mol. The van der Waals surface area contributed by atoms with Crippen LogP contribution in [0.1, 0.15) is 50.1 Å². The van der Waals surface area contributed by atoms with Crippen molar-refractivity contribution in [2.24, 2.45) is 0 Å². The predicted molar refractivity (Wildman–Crippen MR) is 131 cm³/mol. The van der Waals surface area contributed by atoms with Gasteiger partial charge in [0.05, 0.1) is 6.10 Å². The van der Waals surface area contributed by atoms with Gasteiger partial charge >= 0.3 is 0 Å². The van der Waals surface area contributed by atoms with Crippen LogP contribution < -0.4 is 10.6 Å². The number of nitrogens with one attached hydrogen (secondary N) is 2. The van der Waals surface area contributed by atoms with E-state index < -0.39 is 0 Å². The van der Waals surface area contributed by atoms with E-state index in [0.717, 1.165) is 75.4 Å². The van der Waals surface area contributed by atoms with Crippen molar-refractivity contribution in [3.8, 4) is 11.1 Å².